The second-order valence-electron chi connectivity index (χ2n) is 4.58. The van der Waals surface area contributed by atoms with Gasteiger partial charge >= 0.3 is 0 Å². The van der Waals surface area contributed by atoms with Crippen molar-refractivity contribution < 1.29 is 4.74 Å². The van der Waals surface area contributed by atoms with E-state index in [1.807, 2.05) is 35.1 Å². The largest absolute Gasteiger partial charge is 0.496 e. The molecule has 1 N–H and O–H groups in total. The number of rotatable bonds is 5. The van der Waals surface area contributed by atoms with Crippen LogP contribution < -0.4 is 10.1 Å². The van der Waals surface area contributed by atoms with Crippen molar-refractivity contribution in [3.05, 3.63) is 40.6 Å². The molecule has 4 nitrogen and oxygen atoms in total. The number of aromatic nitrogens is 2. The Morgan fingerprint density at radius 1 is 1.37 bits per heavy atom. The van der Waals surface area contributed by atoms with Crippen molar-refractivity contribution in [2.75, 3.05) is 12.4 Å². The van der Waals surface area contributed by atoms with Crippen molar-refractivity contribution >= 4 is 21.6 Å². The van der Waals surface area contributed by atoms with Crippen molar-refractivity contribution in [2.24, 2.45) is 0 Å². The molecule has 2 aromatic rings. The van der Waals surface area contributed by atoms with Crippen LogP contribution in [0.1, 0.15) is 25.6 Å². The highest BCUT2D eigenvalue weighted by Crippen LogP contribution is 2.27. The van der Waals surface area contributed by atoms with E-state index in [-0.39, 0.29) is 0 Å². The number of benzene rings is 1. The van der Waals surface area contributed by atoms with Crippen LogP contribution in [0.2, 0.25) is 0 Å². The summed E-state index contributed by atoms with van der Waals surface area (Å²) in [5, 5.41) is 7.84. The molecule has 0 unspecified atom stereocenters. The Labute approximate surface area is 121 Å². The lowest BCUT2D eigenvalue weighted by Crippen LogP contribution is -2.04. The zero-order valence-corrected chi connectivity index (χ0v) is 12.9. The first-order chi connectivity index (χ1) is 9.10. The van der Waals surface area contributed by atoms with Crippen LogP contribution in [0.15, 0.2) is 34.9 Å². The van der Waals surface area contributed by atoms with Crippen molar-refractivity contribution in [1.82, 2.24) is 9.78 Å². The summed E-state index contributed by atoms with van der Waals surface area (Å²) in [7, 11) is 1.66. The number of hydrogen-bond donors (Lipinski definition) is 1. The minimum Gasteiger partial charge on any atom is -0.496 e. The summed E-state index contributed by atoms with van der Waals surface area (Å²) in [5.74, 6) is 0.828. The number of hydrogen-bond acceptors (Lipinski definition) is 3. The fourth-order valence-corrected chi connectivity index (χ4v) is 2.27. The van der Waals surface area contributed by atoms with Gasteiger partial charge < -0.3 is 10.1 Å². The number of ether oxygens (including phenoxy) is 1. The van der Waals surface area contributed by atoms with Gasteiger partial charge in [0.1, 0.15) is 5.75 Å². The molecular formula is C14H18BrN3O. The first-order valence-corrected chi connectivity index (χ1v) is 7.01. The normalized spacial score (nSPS) is 10.8. The van der Waals surface area contributed by atoms with E-state index in [0.29, 0.717) is 12.6 Å². The highest BCUT2D eigenvalue weighted by molar-refractivity contribution is 9.10. The molecule has 0 fully saturated rings. The van der Waals surface area contributed by atoms with E-state index in [1.165, 1.54) is 0 Å². The molecule has 1 heterocycles. The zero-order valence-electron chi connectivity index (χ0n) is 11.4. The van der Waals surface area contributed by atoms with Gasteiger partial charge in [0.05, 0.1) is 23.8 Å². The highest BCUT2D eigenvalue weighted by atomic mass is 79.9. The van der Waals surface area contributed by atoms with Gasteiger partial charge in [-0.05, 0) is 54.0 Å². The Hall–Kier alpha value is -1.49. The first kappa shape index (κ1) is 13.9. The Bertz CT molecular complexity index is 551. The van der Waals surface area contributed by atoms with Crippen LogP contribution in [0.5, 0.6) is 5.75 Å². The van der Waals surface area contributed by atoms with E-state index in [1.54, 1.807) is 7.11 Å². The summed E-state index contributed by atoms with van der Waals surface area (Å²) >= 11 is 3.47. The van der Waals surface area contributed by atoms with Crippen LogP contribution in [0.3, 0.4) is 0 Å². The van der Waals surface area contributed by atoms with Crippen LogP contribution in [0.25, 0.3) is 0 Å². The van der Waals surface area contributed by atoms with Gasteiger partial charge in [0.25, 0.3) is 0 Å². The van der Waals surface area contributed by atoms with E-state index >= 15 is 0 Å². The molecule has 0 atom stereocenters. The maximum absolute atomic E-state index is 5.20. The van der Waals surface area contributed by atoms with Gasteiger partial charge in [0, 0.05) is 17.9 Å². The van der Waals surface area contributed by atoms with Crippen molar-refractivity contribution in [1.29, 1.82) is 0 Å². The molecule has 0 bridgehead atoms. The summed E-state index contributed by atoms with van der Waals surface area (Å²) in [6.07, 6.45) is 2.01. The highest BCUT2D eigenvalue weighted by Gasteiger charge is 2.04. The van der Waals surface area contributed by atoms with Gasteiger partial charge in [0.15, 0.2) is 0 Å². The molecule has 0 aliphatic heterocycles. The van der Waals surface area contributed by atoms with Crippen LogP contribution in [-0.2, 0) is 6.54 Å². The molecular weight excluding hydrogens is 306 g/mol. The maximum atomic E-state index is 5.20. The predicted molar refractivity (Wildman–Crippen MR) is 80.6 cm³/mol. The standard InChI is InChI=1S/C14H18BrN3O/c1-10(2)18-7-6-12(17-18)9-16-11-4-5-14(19-3)13(15)8-11/h4-8,10,16H,9H2,1-3H3. The summed E-state index contributed by atoms with van der Waals surface area (Å²) in [6.45, 7) is 4.94. The molecule has 102 valence electrons. The monoisotopic (exact) mass is 323 g/mol. The number of methoxy groups -OCH3 is 1. The Kier molecular flexibility index (Phi) is 4.47. The average molecular weight is 324 g/mol. The first-order valence-electron chi connectivity index (χ1n) is 6.21. The van der Waals surface area contributed by atoms with Gasteiger partial charge in [-0.3, -0.25) is 4.68 Å². The fourth-order valence-electron chi connectivity index (χ4n) is 1.73. The third-order valence-electron chi connectivity index (χ3n) is 2.82. The van der Waals surface area contributed by atoms with Crippen LogP contribution in [0.4, 0.5) is 5.69 Å². The molecule has 1 aromatic carbocycles. The Morgan fingerprint density at radius 2 is 2.16 bits per heavy atom. The average Bonchev–Trinajstić information content (AvgIpc) is 2.85. The van der Waals surface area contributed by atoms with Gasteiger partial charge in [0.2, 0.25) is 0 Å². The number of nitrogens with zero attached hydrogens (tertiary/aromatic N) is 2. The molecule has 0 saturated carbocycles. The second kappa shape index (κ2) is 6.10. The van der Waals surface area contributed by atoms with E-state index < -0.39 is 0 Å². The van der Waals surface area contributed by atoms with Gasteiger partial charge in [-0.2, -0.15) is 5.10 Å². The molecule has 1 aromatic heterocycles. The molecule has 0 aliphatic carbocycles. The second-order valence-corrected chi connectivity index (χ2v) is 5.44. The maximum Gasteiger partial charge on any atom is 0.133 e. The summed E-state index contributed by atoms with van der Waals surface area (Å²) < 4.78 is 8.10. The molecule has 0 aliphatic rings. The molecule has 0 radical (unpaired) electrons. The minimum absolute atomic E-state index is 0.392. The lowest BCUT2D eigenvalue weighted by molar-refractivity contribution is 0.412. The molecule has 0 amide bonds. The van der Waals surface area contributed by atoms with Gasteiger partial charge in [-0.15, -0.1) is 0 Å². The van der Waals surface area contributed by atoms with Gasteiger partial charge in [-0.1, -0.05) is 0 Å². The lowest BCUT2D eigenvalue weighted by Gasteiger charge is -2.08. The smallest absolute Gasteiger partial charge is 0.133 e. The molecule has 2 rings (SSSR count). The zero-order chi connectivity index (χ0) is 13.8. The fraction of sp³-hybridized carbons (Fsp3) is 0.357. The van der Waals surface area contributed by atoms with E-state index in [9.17, 15) is 0 Å². The minimum atomic E-state index is 0.392. The Balaban J connectivity index is 1.99. The molecule has 0 spiro atoms. The summed E-state index contributed by atoms with van der Waals surface area (Å²) in [6, 6.07) is 8.34. The van der Waals surface area contributed by atoms with Crippen molar-refractivity contribution in [3.8, 4) is 5.75 Å². The topological polar surface area (TPSA) is 39.1 Å². The van der Waals surface area contributed by atoms with Crippen LogP contribution >= 0.6 is 15.9 Å². The molecule has 5 heteroatoms. The SMILES string of the molecule is COc1ccc(NCc2ccn(C(C)C)n2)cc1Br. The van der Waals surface area contributed by atoms with Crippen LogP contribution in [0, 0.1) is 0 Å². The third kappa shape index (κ3) is 3.50. The third-order valence-corrected chi connectivity index (χ3v) is 3.44. The van der Waals surface area contributed by atoms with Crippen molar-refractivity contribution in [2.45, 2.75) is 26.4 Å². The lowest BCUT2D eigenvalue weighted by atomic mass is 10.3. The summed E-state index contributed by atoms with van der Waals surface area (Å²) in [4.78, 5) is 0. The quantitative estimate of drug-likeness (QED) is 0.908. The number of halogens is 1. The van der Waals surface area contributed by atoms with Gasteiger partial charge in [-0.25, -0.2) is 0 Å². The Morgan fingerprint density at radius 3 is 2.74 bits per heavy atom. The predicted octanol–water partition coefficient (Wildman–Crippen LogP) is 3.85. The van der Waals surface area contributed by atoms with E-state index in [0.717, 1.165) is 21.6 Å². The van der Waals surface area contributed by atoms with Crippen molar-refractivity contribution in [3.63, 3.8) is 0 Å². The van der Waals surface area contributed by atoms with Crippen LogP contribution in [-0.4, -0.2) is 16.9 Å². The number of nitrogens with one attached hydrogen (secondary N) is 1. The van der Waals surface area contributed by atoms with E-state index in [2.05, 4.69) is 40.2 Å². The number of anilines is 1. The van der Waals surface area contributed by atoms with E-state index in [4.69, 9.17) is 4.74 Å². The molecule has 19 heavy (non-hydrogen) atoms. The molecule has 0 saturated heterocycles. The summed E-state index contributed by atoms with van der Waals surface area (Å²) in [5.41, 5.74) is 2.06.